The summed E-state index contributed by atoms with van der Waals surface area (Å²) >= 11 is 0. The maximum absolute atomic E-state index is 11.4. The van der Waals surface area contributed by atoms with Gasteiger partial charge in [-0.25, -0.2) is 9.48 Å². The highest BCUT2D eigenvalue weighted by Crippen LogP contribution is 2.24. The van der Waals surface area contributed by atoms with E-state index in [4.69, 9.17) is 10.5 Å². The third-order valence-corrected chi connectivity index (χ3v) is 2.78. The van der Waals surface area contributed by atoms with Gasteiger partial charge in [-0.15, -0.1) is 0 Å². The Morgan fingerprint density at radius 3 is 2.94 bits per heavy atom. The van der Waals surface area contributed by atoms with E-state index in [0.717, 1.165) is 12.8 Å². The van der Waals surface area contributed by atoms with Crippen molar-refractivity contribution in [1.82, 2.24) is 9.78 Å². The van der Waals surface area contributed by atoms with Crippen LogP contribution in [0.15, 0.2) is 6.20 Å². The first-order valence-corrected chi connectivity index (χ1v) is 5.23. The number of nitrogens with zero attached hydrogens (tertiary/aromatic N) is 2. The first-order chi connectivity index (χ1) is 7.74. The highest BCUT2D eigenvalue weighted by molar-refractivity contribution is 5.93. The highest BCUT2D eigenvalue weighted by atomic mass is 16.5. The number of ether oxygens (including phenoxy) is 2. The number of carbonyl (C=O) groups is 1. The lowest BCUT2D eigenvalue weighted by Gasteiger charge is -2.23. The number of rotatable bonds is 2. The molecule has 0 unspecified atom stereocenters. The fraction of sp³-hybridized carbons (Fsp3) is 0.600. The Morgan fingerprint density at radius 1 is 1.62 bits per heavy atom. The predicted molar refractivity (Wildman–Crippen MR) is 57.1 cm³/mol. The molecule has 1 aromatic rings. The largest absolute Gasteiger partial charge is 0.465 e. The fourth-order valence-electron chi connectivity index (χ4n) is 1.86. The Bertz CT molecular complexity index is 383. The molecular formula is C10H15N3O3. The van der Waals surface area contributed by atoms with Gasteiger partial charge in [0.15, 0.2) is 0 Å². The van der Waals surface area contributed by atoms with Gasteiger partial charge in [-0.3, -0.25) is 0 Å². The third-order valence-electron chi connectivity index (χ3n) is 2.78. The molecule has 2 N–H and O–H groups in total. The number of nitrogens with two attached hydrogens (primary N) is 1. The van der Waals surface area contributed by atoms with Crippen LogP contribution in [0.5, 0.6) is 0 Å². The van der Waals surface area contributed by atoms with Gasteiger partial charge in [0.25, 0.3) is 0 Å². The lowest BCUT2D eigenvalue weighted by Crippen LogP contribution is -2.22. The summed E-state index contributed by atoms with van der Waals surface area (Å²) in [4.78, 5) is 11.4. The molecule has 0 saturated carbocycles. The van der Waals surface area contributed by atoms with Crippen LogP contribution in [0.4, 0.5) is 5.82 Å². The van der Waals surface area contributed by atoms with Crippen molar-refractivity contribution >= 4 is 11.8 Å². The van der Waals surface area contributed by atoms with Crippen LogP contribution in [-0.4, -0.2) is 36.1 Å². The lowest BCUT2D eigenvalue weighted by molar-refractivity contribution is 0.0601. The third kappa shape index (κ3) is 1.88. The van der Waals surface area contributed by atoms with E-state index in [9.17, 15) is 4.79 Å². The Balaban J connectivity index is 2.21. The van der Waals surface area contributed by atoms with Gasteiger partial charge in [-0.05, 0) is 12.8 Å². The minimum atomic E-state index is -0.448. The summed E-state index contributed by atoms with van der Waals surface area (Å²) in [6.07, 6.45) is 3.19. The van der Waals surface area contributed by atoms with Crippen LogP contribution in [0.3, 0.4) is 0 Å². The predicted octanol–water partition coefficient (Wildman–Crippen LogP) is 0.603. The summed E-state index contributed by atoms with van der Waals surface area (Å²) in [6, 6.07) is 0.215. The molecule has 0 spiro atoms. The van der Waals surface area contributed by atoms with Crippen molar-refractivity contribution in [3.05, 3.63) is 11.8 Å². The molecule has 1 aliphatic heterocycles. The van der Waals surface area contributed by atoms with Crippen molar-refractivity contribution in [1.29, 1.82) is 0 Å². The molecule has 0 amide bonds. The second kappa shape index (κ2) is 4.52. The maximum atomic E-state index is 11.4. The maximum Gasteiger partial charge on any atom is 0.343 e. The van der Waals surface area contributed by atoms with Gasteiger partial charge < -0.3 is 15.2 Å². The second-order valence-electron chi connectivity index (χ2n) is 3.72. The first-order valence-electron chi connectivity index (χ1n) is 5.23. The zero-order valence-corrected chi connectivity index (χ0v) is 9.18. The number of methoxy groups -OCH3 is 1. The quantitative estimate of drug-likeness (QED) is 0.746. The zero-order chi connectivity index (χ0) is 11.5. The molecule has 1 saturated heterocycles. The summed E-state index contributed by atoms with van der Waals surface area (Å²) in [7, 11) is 1.33. The van der Waals surface area contributed by atoms with Gasteiger partial charge in [0, 0.05) is 13.2 Å². The monoisotopic (exact) mass is 225 g/mol. The number of carbonyl (C=O) groups excluding carboxylic acids is 1. The Kier molecular flexibility index (Phi) is 3.09. The SMILES string of the molecule is COC(=O)c1cnn(C2CCOCC2)c1N. The van der Waals surface area contributed by atoms with Gasteiger partial charge in [0.2, 0.25) is 0 Å². The lowest BCUT2D eigenvalue weighted by atomic mass is 10.1. The number of hydrogen-bond donors (Lipinski definition) is 1. The van der Waals surface area contributed by atoms with Gasteiger partial charge >= 0.3 is 5.97 Å². The van der Waals surface area contributed by atoms with E-state index in [-0.39, 0.29) is 6.04 Å². The summed E-state index contributed by atoms with van der Waals surface area (Å²) in [5.74, 6) is -0.0745. The number of esters is 1. The molecular weight excluding hydrogens is 210 g/mol. The van der Waals surface area contributed by atoms with E-state index in [1.54, 1.807) is 4.68 Å². The van der Waals surface area contributed by atoms with E-state index in [1.807, 2.05) is 0 Å². The van der Waals surface area contributed by atoms with Crippen molar-refractivity contribution in [3.63, 3.8) is 0 Å². The van der Waals surface area contributed by atoms with Crippen LogP contribution in [-0.2, 0) is 9.47 Å². The molecule has 16 heavy (non-hydrogen) atoms. The summed E-state index contributed by atoms with van der Waals surface area (Å²) in [5.41, 5.74) is 6.20. The zero-order valence-electron chi connectivity index (χ0n) is 9.18. The van der Waals surface area contributed by atoms with Crippen LogP contribution in [0, 0.1) is 0 Å². The molecule has 2 heterocycles. The molecule has 88 valence electrons. The molecule has 0 aromatic carbocycles. The van der Waals surface area contributed by atoms with E-state index < -0.39 is 5.97 Å². The van der Waals surface area contributed by atoms with Crippen molar-refractivity contribution < 1.29 is 14.3 Å². The van der Waals surface area contributed by atoms with E-state index in [0.29, 0.717) is 24.6 Å². The van der Waals surface area contributed by atoms with E-state index in [1.165, 1.54) is 13.3 Å². The molecule has 0 aliphatic carbocycles. The van der Waals surface area contributed by atoms with Crippen LogP contribution < -0.4 is 5.73 Å². The molecule has 1 aliphatic rings. The van der Waals surface area contributed by atoms with Crippen LogP contribution in [0.1, 0.15) is 29.2 Å². The van der Waals surface area contributed by atoms with Gasteiger partial charge in [0.05, 0.1) is 19.3 Å². The van der Waals surface area contributed by atoms with Gasteiger partial charge in [0.1, 0.15) is 11.4 Å². The Hall–Kier alpha value is -1.56. The average molecular weight is 225 g/mol. The topological polar surface area (TPSA) is 79.4 Å². The summed E-state index contributed by atoms with van der Waals surface area (Å²) in [5, 5.41) is 4.14. The molecule has 6 heteroatoms. The molecule has 1 aromatic heterocycles. The summed E-state index contributed by atoms with van der Waals surface area (Å²) in [6.45, 7) is 1.41. The van der Waals surface area contributed by atoms with Crippen molar-refractivity contribution in [2.75, 3.05) is 26.1 Å². The first kappa shape index (κ1) is 10.9. The number of nitrogen functional groups attached to an aromatic ring is 1. The minimum absolute atomic E-state index is 0.215. The molecule has 6 nitrogen and oxygen atoms in total. The standard InChI is InChI=1S/C10H15N3O3/c1-15-10(14)8-6-12-13(9(8)11)7-2-4-16-5-3-7/h6-7H,2-5,11H2,1H3. The van der Waals surface area contributed by atoms with E-state index in [2.05, 4.69) is 9.84 Å². The van der Waals surface area contributed by atoms with Crippen LogP contribution in [0.2, 0.25) is 0 Å². The smallest absolute Gasteiger partial charge is 0.343 e. The van der Waals surface area contributed by atoms with E-state index >= 15 is 0 Å². The fourth-order valence-corrected chi connectivity index (χ4v) is 1.86. The molecule has 2 rings (SSSR count). The average Bonchev–Trinajstić information content (AvgIpc) is 2.71. The molecule has 0 atom stereocenters. The van der Waals surface area contributed by atoms with Crippen molar-refractivity contribution in [2.24, 2.45) is 0 Å². The molecule has 1 fully saturated rings. The molecule has 0 radical (unpaired) electrons. The Morgan fingerprint density at radius 2 is 2.31 bits per heavy atom. The summed E-state index contributed by atoms with van der Waals surface area (Å²) < 4.78 is 11.6. The second-order valence-corrected chi connectivity index (χ2v) is 3.72. The number of anilines is 1. The van der Waals surface area contributed by atoms with Crippen LogP contribution >= 0.6 is 0 Å². The van der Waals surface area contributed by atoms with Gasteiger partial charge in [-0.2, -0.15) is 5.10 Å². The highest BCUT2D eigenvalue weighted by Gasteiger charge is 2.22. The number of hydrogen-bond acceptors (Lipinski definition) is 5. The number of aromatic nitrogens is 2. The molecule has 0 bridgehead atoms. The normalized spacial score (nSPS) is 17.3. The van der Waals surface area contributed by atoms with Crippen molar-refractivity contribution in [2.45, 2.75) is 18.9 Å². The van der Waals surface area contributed by atoms with Crippen LogP contribution in [0.25, 0.3) is 0 Å². The minimum Gasteiger partial charge on any atom is -0.465 e. The van der Waals surface area contributed by atoms with Gasteiger partial charge in [-0.1, -0.05) is 0 Å². The Labute approximate surface area is 93.3 Å². The van der Waals surface area contributed by atoms with Crippen molar-refractivity contribution in [3.8, 4) is 0 Å².